The van der Waals surface area contributed by atoms with Crippen molar-refractivity contribution in [2.24, 2.45) is 16.9 Å². The Labute approximate surface area is 77.7 Å². The zero-order valence-corrected chi connectivity index (χ0v) is 7.71. The van der Waals surface area contributed by atoms with Crippen molar-refractivity contribution >= 4 is 11.8 Å². The summed E-state index contributed by atoms with van der Waals surface area (Å²) in [7, 11) is 0. The molecule has 2 amide bonds. The fraction of sp³-hybridized carbons (Fsp3) is 0.778. The zero-order chi connectivity index (χ0) is 9.90. The van der Waals surface area contributed by atoms with E-state index in [9.17, 15) is 9.59 Å². The van der Waals surface area contributed by atoms with Crippen molar-refractivity contribution < 1.29 is 9.59 Å². The number of hydrogen-bond donors (Lipinski definition) is 2. The van der Waals surface area contributed by atoms with Crippen molar-refractivity contribution in [2.45, 2.75) is 38.5 Å². The highest BCUT2D eigenvalue weighted by Gasteiger charge is 2.42. The van der Waals surface area contributed by atoms with Crippen LogP contribution in [-0.4, -0.2) is 11.8 Å². The first-order valence-corrected chi connectivity index (χ1v) is 4.69. The third kappa shape index (κ3) is 1.82. The second kappa shape index (κ2) is 3.77. The molecule has 4 N–H and O–H groups in total. The molecular weight excluding hydrogens is 168 g/mol. The second-order valence-electron chi connectivity index (χ2n) is 3.72. The lowest BCUT2D eigenvalue weighted by Crippen LogP contribution is -2.47. The molecule has 0 bridgehead atoms. The van der Waals surface area contributed by atoms with E-state index in [1.54, 1.807) is 0 Å². The van der Waals surface area contributed by atoms with Gasteiger partial charge in [0.25, 0.3) is 0 Å². The third-order valence-electron chi connectivity index (χ3n) is 2.90. The van der Waals surface area contributed by atoms with Crippen molar-refractivity contribution in [3.05, 3.63) is 0 Å². The SMILES string of the molecule is NC(=O)C1(C(N)=O)CCCCCC1. The third-order valence-corrected chi connectivity index (χ3v) is 2.90. The van der Waals surface area contributed by atoms with Crippen molar-refractivity contribution in [1.82, 2.24) is 0 Å². The Morgan fingerprint density at radius 1 is 0.846 bits per heavy atom. The van der Waals surface area contributed by atoms with Gasteiger partial charge in [-0.3, -0.25) is 9.59 Å². The van der Waals surface area contributed by atoms with E-state index in [4.69, 9.17) is 11.5 Å². The Kier molecular flexibility index (Phi) is 2.90. The Morgan fingerprint density at radius 2 is 1.23 bits per heavy atom. The van der Waals surface area contributed by atoms with E-state index >= 15 is 0 Å². The summed E-state index contributed by atoms with van der Waals surface area (Å²) in [5.41, 5.74) is 9.41. The fourth-order valence-electron chi connectivity index (χ4n) is 1.95. The molecular formula is C9H16N2O2. The maximum atomic E-state index is 11.2. The summed E-state index contributed by atoms with van der Waals surface area (Å²) in [6.07, 6.45) is 4.90. The molecule has 4 heteroatoms. The molecule has 74 valence electrons. The van der Waals surface area contributed by atoms with E-state index in [-0.39, 0.29) is 0 Å². The summed E-state index contributed by atoms with van der Waals surface area (Å²) in [5, 5.41) is 0. The van der Waals surface area contributed by atoms with Gasteiger partial charge >= 0.3 is 0 Å². The van der Waals surface area contributed by atoms with Crippen molar-refractivity contribution in [3.63, 3.8) is 0 Å². The molecule has 4 nitrogen and oxygen atoms in total. The van der Waals surface area contributed by atoms with Crippen LogP contribution in [0.2, 0.25) is 0 Å². The minimum absolute atomic E-state index is 0.525. The van der Waals surface area contributed by atoms with E-state index in [1.807, 2.05) is 0 Å². The molecule has 0 aromatic carbocycles. The number of carbonyl (C=O) groups excluding carboxylic acids is 2. The molecule has 0 aliphatic heterocycles. The maximum Gasteiger partial charge on any atom is 0.233 e. The first kappa shape index (κ1) is 10.0. The largest absolute Gasteiger partial charge is 0.369 e. The highest BCUT2D eigenvalue weighted by molar-refractivity contribution is 6.03. The van der Waals surface area contributed by atoms with Gasteiger partial charge in [0.1, 0.15) is 5.41 Å². The molecule has 13 heavy (non-hydrogen) atoms. The summed E-state index contributed by atoms with van der Waals surface area (Å²) >= 11 is 0. The van der Waals surface area contributed by atoms with Gasteiger partial charge in [0.2, 0.25) is 11.8 Å². The van der Waals surface area contributed by atoms with E-state index < -0.39 is 17.2 Å². The van der Waals surface area contributed by atoms with Gasteiger partial charge in [-0.1, -0.05) is 25.7 Å². The quantitative estimate of drug-likeness (QED) is 0.477. The molecule has 1 saturated carbocycles. The predicted molar refractivity (Wildman–Crippen MR) is 48.5 cm³/mol. The number of hydrogen-bond acceptors (Lipinski definition) is 2. The number of amides is 2. The summed E-state index contributed by atoms with van der Waals surface area (Å²) in [6.45, 7) is 0. The second-order valence-corrected chi connectivity index (χ2v) is 3.72. The average Bonchev–Trinajstić information content (AvgIpc) is 2.28. The summed E-state index contributed by atoms with van der Waals surface area (Å²) in [5.74, 6) is -1.11. The average molecular weight is 184 g/mol. The van der Waals surface area contributed by atoms with Crippen LogP contribution in [0, 0.1) is 5.41 Å². The molecule has 1 aliphatic rings. The van der Waals surface area contributed by atoms with Gasteiger partial charge in [0.15, 0.2) is 0 Å². The summed E-state index contributed by atoms with van der Waals surface area (Å²) in [4.78, 5) is 22.4. The van der Waals surface area contributed by atoms with Crippen molar-refractivity contribution in [1.29, 1.82) is 0 Å². The van der Waals surface area contributed by atoms with Crippen LogP contribution >= 0.6 is 0 Å². The van der Waals surface area contributed by atoms with E-state index in [1.165, 1.54) is 0 Å². The molecule has 1 rings (SSSR count). The zero-order valence-electron chi connectivity index (χ0n) is 7.71. The van der Waals surface area contributed by atoms with Gasteiger partial charge in [-0.05, 0) is 12.8 Å². The van der Waals surface area contributed by atoms with Crippen molar-refractivity contribution in [2.75, 3.05) is 0 Å². The molecule has 0 unspecified atom stereocenters. The van der Waals surface area contributed by atoms with Crippen LogP contribution in [0.25, 0.3) is 0 Å². The Bertz CT molecular complexity index is 202. The van der Waals surface area contributed by atoms with Crippen LogP contribution in [0.4, 0.5) is 0 Å². The molecule has 1 fully saturated rings. The minimum Gasteiger partial charge on any atom is -0.369 e. The van der Waals surface area contributed by atoms with E-state index in [2.05, 4.69) is 0 Å². The van der Waals surface area contributed by atoms with Crippen LogP contribution < -0.4 is 11.5 Å². The maximum absolute atomic E-state index is 11.2. The van der Waals surface area contributed by atoms with Gasteiger partial charge in [-0.15, -0.1) is 0 Å². The van der Waals surface area contributed by atoms with Crippen LogP contribution in [-0.2, 0) is 9.59 Å². The lowest BCUT2D eigenvalue weighted by atomic mass is 9.79. The van der Waals surface area contributed by atoms with Crippen LogP contribution in [0.1, 0.15) is 38.5 Å². The fourth-order valence-corrected chi connectivity index (χ4v) is 1.95. The molecule has 0 saturated heterocycles. The number of carbonyl (C=O) groups is 2. The van der Waals surface area contributed by atoms with Crippen LogP contribution in [0.15, 0.2) is 0 Å². The lowest BCUT2D eigenvalue weighted by Gasteiger charge is -2.24. The van der Waals surface area contributed by atoms with Crippen LogP contribution in [0.5, 0.6) is 0 Å². The minimum atomic E-state index is -1.06. The normalized spacial score (nSPS) is 21.8. The topological polar surface area (TPSA) is 86.2 Å². The predicted octanol–water partition coefficient (Wildman–Crippen LogP) is 0.298. The standard InChI is InChI=1S/C9H16N2O2/c10-7(12)9(8(11)13)5-3-1-2-4-6-9/h1-6H2,(H2,10,12)(H2,11,13). The van der Waals surface area contributed by atoms with Gasteiger partial charge in [-0.2, -0.15) is 0 Å². The summed E-state index contributed by atoms with van der Waals surface area (Å²) in [6, 6.07) is 0. The first-order valence-electron chi connectivity index (χ1n) is 4.69. The number of nitrogens with two attached hydrogens (primary N) is 2. The molecule has 0 radical (unpaired) electrons. The van der Waals surface area contributed by atoms with Gasteiger partial charge < -0.3 is 11.5 Å². The summed E-state index contributed by atoms with van der Waals surface area (Å²) < 4.78 is 0. The molecule has 0 heterocycles. The molecule has 0 atom stereocenters. The van der Waals surface area contributed by atoms with E-state index in [0.29, 0.717) is 12.8 Å². The highest BCUT2D eigenvalue weighted by atomic mass is 16.2. The van der Waals surface area contributed by atoms with Crippen LogP contribution in [0.3, 0.4) is 0 Å². The Balaban J connectivity index is 2.86. The smallest absolute Gasteiger partial charge is 0.233 e. The monoisotopic (exact) mass is 184 g/mol. The number of primary amides is 2. The van der Waals surface area contributed by atoms with E-state index in [0.717, 1.165) is 25.7 Å². The molecule has 0 aromatic heterocycles. The van der Waals surface area contributed by atoms with Gasteiger partial charge in [0, 0.05) is 0 Å². The molecule has 0 spiro atoms. The van der Waals surface area contributed by atoms with Gasteiger partial charge in [0.05, 0.1) is 0 Å². The Morgan fingerprint density at radius 3 is 1.54 bits per heavy atom. The first-order chi connectivity index (χ1) is 6.09. The van der Waals surface area contributed by atoms with Gasteiger partial charge in [-0.25, -0.2) is 0 Å². The number of rotatable bonds is 2. The highest BCUT2D eigenvalue weighted by Crippen LogP contribution is 2.34. The van der Waals surface area contributed by atoms with Crippen molar-refractivity contribution in [3.8, 4) is 0 Å². The molecule has 1 aliphatic carbocycles. The Hall–Kier alpha value is -1.06. The lowest BCUT2D eigenvalue weighted by molar-refractivity contribution is -0.140. The molecule has 0 aromatic rings.